The molecule has 2 atom stereocenters. The van der Waals surface area contributed by atoms with Crippen LogP contribution in [0.25, 0.3) is 0 Å². The zero-order chi connectivity index (χ0) is 15.4. The molecule has 0 saturated heterocycles. The van der Waals surface area contributed by atoms with Crippen LogP contribution < -0.4 is 5.32 Å². The quantitative estimate of drug-likeness (QED) is 0.878. The molecule has 0 spiro atoms. The molecule has 2 unspecified atom stereocenters. The SMILES string of the molecule is O=C(Nc1ccc(COC2CCCC2)cc1)C1CCCC1O. The van der Waals surface area contributed by atoms with Crippen molar-refractivity contribution in [3.8, 4) is 0 Å². The van der Waals surface area contributed by atoms with E-state index in [0.717, 1.165) is 30.5 Å². The third-order valence-electron chi connectivity index (χ3n) is 4.83. The van der Waals surface area contributed by atoms with E-state index in [2.05, 4.69) is 5.32 Å². The van der Waals surface area contributed by atoms with Gasteiger partial charge >= 0.3 is 0 Å². The van der Waals surface area contributed by atoms with Crippen LogP contribution in [-0.4, -0.2) is 23.2 Å². The molecule has 2 fully saturated rings. The van der Waals surface area contributed by atoms with Crippen molar-refractivity contribution in [3.63, 3.8) is 0 Å². The smallest absolute Gasteiger partial charge is 0.230 e. The summed E-state index contributed by atoms with van der Waals surface area (Å²) in [4.78, 5) is 12.1. The number of ether oxygens (including phenoxy) is 1. The van der Waals surface area contributed by atoms with Crippen molar-refractivity contribution < 1.29 is 14.6 Å². The highest BCUT2D eigenvalue weighted by molar-refractivity contribution is 5.93. The van der Waals surface area contributed by atoms with Crippen LogP contribution in [0, 0.1) is 5.92 Å². The van der Waals surface area contributed by atoms with Crippen molar-refractivity contribution in [2.75, 3.05) is 5.32 Å². The highest BCUT2D eigenvalue weighted by Crippen LogP contribution is 2.27. The van der Waals surface area contributed by atoms with Crippen LogP contribution in [0.5, 0.6) is 0 Å². The number of benzene rings is 1. The van der Waals surface area contributed by atoms with Gasteiger partial charge in [0.2, 0.25) is 5.91 Å². The lowest BCUT2D eigenvalue weighted by Crippen LogP contribution is -2.28. The minimum Gasteiger partial charge on any atom is -0.392 e. The standard InChI is InChI=1S/C18H25NO3/c20-17-7-3-6-16(17)18(21)19-14-10-8-13(9-11-14)12-22-15-4-1-2-5-15/h8-11,15-17,20H,1-7,12H2,(H,19,21). The molecule has 2 aliphatic rings. The molecule has 1 aromatic rings. The summed E-state index contributed by atoms with van der Waals surface area (Å²) in [5.41, 5.74) is 1.92. The highest BCUT2D eigenvalue weighted by atomic mass is 16.5. The van der Waals surface area contributed by atoms with Gasteiger partial charge in [0, 0.05) is 5.69 Å². The summed E-state index contributed by atoms with van der Waals surface area (Å²) in [5, 5.41) is 12.7. The third-order valence-corrected chi connectivity index (χ3v) is 4.83. The summed E-state index contributed by atoms with van der Waals surface area (Å²) in [7, 11) is 0. The fraction of sp³-hybridized carbons (Fsp3) is 0.611. The van der Waals surface area contributed by atoms with Gasteiger partial charge in [0.25, 0.3) is 0 Å². The van der Waals surface area contributed by atoms with Crippen molar-refractivity contribution in [2.45, 2.75) is 63.8 Å². The minimum atomic E-state index is -0.487. The molecular formula is C18H25NO3. The topological polar surface area (TPSA) is 58.6 Å². The predicted octanol–water partition coefficient (Wildman–Crippen LogP) is 3.25. The predicted molar refractivity (Wildman–Crippen MR) is 85.5 cm³/mol. The van der Waals surface area contributed by atoms with Gasteiger partial charge in [-0.3, -0.25) is 4.79 Å². The fourth-order valence-electron chi connectivity index (χ4n) is 3.43. The molecule has 1 aromatic carbocycles. The van der Waals surface area contributed by atoms with E-state index < -0.39 is 6.10 Å². The minimum absolute atomic E-state index is 0.0695. The van der Waals surface area contributed by atoms with Gasteiger partial charge in [0.05, 0.1) is 24.7 Å². The van der Waals surface area contributed by atoms with E-state index in [-0.39, 0.29) is 11.8 Å². The lowest BCUT2D eigenvalue weighted by molar-refractivity contribution is -0.122. The molecule has 4 nitrogen and oxygen atoms in total. The summed E-state index contributed by atoms with van der Waals surface area (Å²) in [5.74, 6) is -0.328. The number of carbonyl (C=O) groups is 1. The van der Waals surface area contributed by atoms with Crippen molar-refractivity contribution in [1.82, 2.24) is 0 Å². The Morgan fingerprint density at radius 2 is 1.82 bits per heavy atom. The van der Waals surface area contributed by atoms with Crippen LogP contribution in [0.4, 0.5) is 5.69 Å². The Bertz CT molecular complexity index is 494. The van der Waals surface area contributed by atoms with E-state index in [9.17, 15) is 9.90 Å². The zero-order valence-electron chi connectivity index (χ0n) is 13.0. The number of carbonyl (C=O) groups excluding carboxylic acids is 1. The van der Waals surface area contributed by atoms with Gasteiger partial charge in [-0.2, -0.15) is 0 Å². The van der Waals surface area contributed by atoms with E-state index in [0.29, 0.717) is 12.7 Å². The fourth-order valence-corrected chi connectivity index (χ4v) is 3.43. The molecule has 4 heteroatoms. The molecule has 120 valence electrons. The van der Waals surface area contributed by atoms with Crippen molar-refractivity contribution in [1.29, 1.82) is 0 Å². The van der Waals surface area contributed by atoms with Gasteiger partial charge in [-0.15, -0.1) is 0 Å². The molecular weight excluding hydrogens is 278 g/mol. The molecule has 0 heterocycles. The number of hydrogen-bond donors (Lipinski definition) is 2. The van der Waals surface area contributed by atoms with Crippen LogP contribution in [0.3, 0.4) is 0 Å². The monoisotopic (exact) mass is 303 g/mol. The van der Waals surface area contributed by atoms with Gasteiger partial charge in [-0.1, -0.05) is 25.0 Å². The molecule has 0 bridgehead atoms. The maximum absolute atomic E-state index is 12.1. The van der Waals surface area contributed by atoms with Gasteiger partial charge in [-0.05, 0) is 49.8 Å². The van der Waals surface area contributed by atoms with Gasteiger partial charge in [0.15, 0.2) is 0 Å². The maximum Gasteiger partial charge on any atom is 0.230 e. The first kappa shape index (κ1) is 15.5. The molecule has 2 saturated carbocycles. The van der Waals surface area contributed by atoms with Crippen LogP contribution in [0.15, 0.2) is 24.3 Å². The molecule has 2 aliphatic carbocycles. The number of anilines is 1. The van der Waals surface area contributed by atoms with Crippen molar-refractivity contribution >= 4 is 11.6 Å². The first-order chi connectivity index (χ1) is 10.7. The molecule has 22 heavy (non-hydrogen) atoms. The summed E-state index contributed by atoms with van der Waals surface area (Å²) < 4.78 is 5.88. The summed E-state index contributed by atoms with van der Waals surface area (Å²) in [6.07, 6.45) is 7.29. The molecule has 2 N–H and O–H groups in total. The first-order valence-electron chi connectivity index (χ1n) is 8.42. The van der Waals surface area contributed by atoms with E-state index in [1.807, 2.05) is 24.3 Å². The lowest BCUT2D eigenvalue weighted by Gasteiger charge is -2.15. The highest BCUT2D eigenvalue weighted by Gasteiger charge is 2.31. The Balaban J connectivity index is 1.49. The van der Waals surface area contributed by atoms with Crippen LogP contribution in [0.2, 0.25) is 0 Å². The maximum atomic E-state index is 12.1. The molecule has 1 amide bonds. The lowest BCUT2D eigenvalue weighted by atomic mass is 10.1. The van der Waals surface area contributed by atoms with Crippen molar-refractivity contribution in [2.24, 2.45) is 5.92 Å². The van der Waals surface area contributed by atoms with E-state index >= 15 is 0 Å². The molecule has 3 rings (SSSR count). The van der Waals surface area contributed by atoms with Crippen LogP contribution in [-0.2, 0) is 16.1 Å². The Hall–Kier alpha value is -1.39. The molecule has 0 radical (unpaired) electrons. The van der Waals surface area contributed by atoms with Crippen LogP contribution >= 0.6 is 0 Å². The normalized spacial score (nSPS) is 25.5. The van der Waals surface area contributed by atoms with Crippen LogP contribution in [0.1, 0.15) is 50.5 Å². The summed E-state index contributed by atoms with van der Waals surface area (Å²) >= 11 is 0. The second-order valence-electron chi connectivity index (χ2n) is 6.51. The summed E-state index contributed by atoms with van der Waals surface area (Å²) in [6, 6.07) is 7.81. The zero-order valence-corrected chi connectivity index (χ0v) is 13.0. The largest absolute Gasteiger partial charge is 0.392 e. The second kappa shape index (κ2) is 7.25. The van der Waals surface area contributed by atoms with Crippen molar-refractivity contribution in [3.05, 3.63) is 29.8 Å². The average Bonchev–Trinajstić information content (AvgIpc) is 3.18. The molecule has 0 aliphatic heterocycles. The Kier molecular flexibility index (Phi) is 5.11. The number of aliphatic hydroxyl groups excluding tert-OH is 1. The third kappa shape index (κ3) is 3.87. The Morgan fingerprint density at radius 1 is 1.09 bits per heavy atom. The number of nitrogens with one attached hydrogen (secondary N) is 1. The van der Waals surface area contributed by atoms with Gasteiger partial charge in [-0.25, -0.2) is 0 Å². The summed E-state index contributed by atoms with van der Waals surface area (Å²) in [6.45, 7) is 0.639. The van der Waals surface area contributed by atoms with E-state index in [4.69, 9.17) is 4.74 Å². The number of hydrogen-bond acceptors (Lipinski definition) is 3. The van der Waals surface area contributed by atoms with Gasteiger partial charge < -0.3 is 15.2 Å². The molecule has 0 aromatic heterocycles. The second-order valence-corrected chi connectivity index (χ2v) is 6.51. The Labute approximate surface area is 131 Å². The first-order valence-corrected chi connectivity index (χ1v) is 8.42. The van der Waals surface area contributed by atoms with E-state index in [1.165, 1.54) is 25.7 Å². The Morgan fingerprint density at radius 3 is 2.45 bits per heavy atom. The van der Waals surface area contributed by atoms with Gasteiger partial charge in [0.1, 0.15) is 0 Å². The van der Waals surface area contributed by atoms with E-state index in [1.54, 1.807) is 0 Å². The number of aliphatic hydroxyl groups is 1. The number of amides is 1. The number of rotatable bonds is 5. The average molecular weight is 303 g/mol.